The van der Waals surface area contributed by atoms with Crippen LogP contribution >= 0.6 is 0 Å². The molecule has 0 saturated carbocycles. The predicted octanol–water partition coefficient (Wildman–Crippen LogP) is 3.55. The third kappa shape index (κ3) is 2.75. The summed E-state index contributed by atoms with van der Waals surface area (Å²) in [5, 5.41) is 14.4. The zero-order valence-corrected chi connectivity index (χ0v) is 12.1. The van der Waals surface area contributed by atoms with E-state index in [-0.39, 0.29) is 6.61 Å². The van der Waals surface area contributed by atoms with Crippen molar-refractivity contribution in [1.82, 2.24) is 9.78 Å². The fourth-order valence-corrected chi connectivity index (χ4v) is 2.39. The monoisotopic (exact) mass is 322 g/mol. The predicted molar refractivity (Wildman–Crippen MR) is 78.5 cm³/mol. The molecule has 0 atom stereocenters. The van der Waals surface area contributed by atoms with E-state index in [2.05, 4.69) is 5.10 Å². The number of benzene rings is 2. The van der Waals surface area contributed by atoms with Gasteiger partial charge in [0.2, 0.25) is 0 Å². The molecule has 7 heteroatoms. The lowest BCUT2D eigenvalue weighted by atomic mass is 10.2. The molecule has 4 nitrogen and oxygen atoms in total. The summed E-state index contributed by atoms with van der Waals surface area (Å²) in [6.45, 7) is -0.267. The van der Waals surface area contributed by atoms with Gasteiger partial charge in [-0.3, -0.25) is 0 Å². The molecule has 2 aromatic carbocycles. The molecule has 0 unspecified atom stereocenters. The molecular formula is C16H13F3N2O2. The van der Waals surface area contributed by atoms with Crippen molar-refractivity contribution in [2.24, 2.45) is 0 Å². The lowest BCUT2D eigenvalue weighted by molar-refractivity contribution is -0.137. The summed E-state index contributed by atoms with van der Waals surface area (Å²) in [6.07, 6.45) is -4.38. The maximum Gasteiger partial charge on any atom is 0.416 e. The molecule has 0 saturated heterocycles. The summed E-state index contributed by atoms with van der Waals surface area (Å²) in [4.78, 5) is 0. The SMILES string of the molecule is COc1ccc2c(CO)nn(-c3ccc(C(F)(F)F)cc3)c2c1. The van der Waals surface area contributed by atoms with Crippen LogP contribution in [-0.2, 0) is 12.8 Å². The second-order valence-corrected chi connectivity index (χ2v) is 4.94. The maximum absolute atomic E-state index is 12.7. The minimum atomic E-state index is -4.38. The molecule has 23 heavy (non-hydrogen) atoms. The van der Waals surface area contributed by atoms with E-state index in [1.54, 1.807) is 18.2 Å². The number of methoxy groups -OCH3 is 1. The summed E-state index contributed by atoms with van der Waals surface area (Å²) >= 11 is 0. The smallest absolute Gasteiger partial charge is 0.416 e. The van der Waals surface area contributed by atoms with Crippen molar-refractivity contribution in [3.63, 3.8) is 0 Å². The van der Waals surface area contributed by atoms with Gasteiger partial charge in [0.25, 0.3) is 0 Å². The van der Waals surface area contributed by atoms with Crippen molar-refractivity contribution in [3.8, 4) is 11.4 Å². The van der Waals surface area contributed by atoms with Crippen LogP contribution in [0.1, 0.15) is 11.3 Å². The number of aromatic nitrogens is 2. The van der Waals surface area contributed by atoms with Gasteiger partial charge in [0.1, 0.15) is 5.75 Å². The molecule has 0 amide bonds. The highest BCUT2D eigenvalue weighted by Crippen LogP contribution is 2.31. The number of aliphatic hydroxyl groups excluding tert-OH is 1. The van der Waals surface area contributed by atoms with E-state index in [4.69, 9.17) is 4.74 Å². The summed E-state index contributed by atoms with van der Waals surface area (Å²) in [5.74, 6) is 0.593. The minimum Gasteiger partial charge on any atom is -0.497 e. The Morgan fingerprint density at radius 1 is 1.13 bits per heavy atom. The van der Waals surface area contributed by atoms with Crippen molar-refractivity contribution >= 4 is 10.9 Å². The highest BCUT2D eigenvalue weighted by Gasteiger charge is 2.30. The number of aliphatic hydroxyl groups is 1. The normalized spacial score (nSPS) is 11.9. The zero-order chi connectivity index (χ0) is 16.6. The van der Waals surface area contributed by atoms with Crippen LogP contribution < -0.4 is 4.74 Å². The van der Waals surface area contributed by atoms with Gasteiger partial charge < -0.3 is 9.84 Å². The second kappa shape index (κ2) is 5.58. The Bertz CT molecular complexity index is 839. The van der Waals surface area contributed by atoms with E-state index in [1.807, 2.05) is 0 Å². The topological polar surface area (TPSA) is 47.3 Å². The van der Waals surface area contributed by atoms with Crippen LogP contribution in [0.15, 0.2) is 42.5 Å². The van der Waals surface area contributed by atoms with Crippen molar-refractivity contribution in [2.45, 2.75) is 12.8 Å². The Balaban J connectivity index is 2.15. The van der Waals surface area contributed by atoms with E-state index >= 15 is 0 Å². The van der Waals surface area contributed by atoms with E-state index in [1.165, 1.54) is 23.9 Å². The first-order valence-electron chi connectivity index (χ1n) is 6.78. The number of ether oxygens (including phenoxy) is 1. The lowest BCUT2D eigenvalue weighted by Gasteiger charge is -2.08. The molecule has 0 aliphatic heterocycles. The van der Waals surface area contributed by atoms with Gasteiger partial charge in [-0.2, -0.15) is 18.3 Å². The Hall–Kier alpha value is -2.54. The second-order valence-electron chi connectivity index (χ2n) is 4.94. The van der Waals surface area contributed by atoms with Crippen LogP contribution in [0.3, 0.4) is 0 Å². The Labute approximate surface area is 129 Å². The first kappa shape index (κ1) is 15.4. The molecule has 0 spiro atoms. The fourth-order valence-electron chi connectivity index (χ4n) is 2.39. The van der Waals surface area contributed by atoms with Crippen LogP contribution in [-0.4, -0.2) is 22.0 Å². The number of fused-ring (bicyclic) bond motifs is 1. The van der Waals surface area contributed by atoms with Crippen molar-refractivity contribution < 1.29 is 23.0 Å². The van der Waals surface area contributed by atoms with E-state index in [9.17, 15) is 18.3 Å². The van der Waals surface area contributed by atoms with Crippen molar-refractivity contribution in [2.75, 3.05) is 7.11 Å². The maximum atomic E-state index is 12.7. The van der Waals surface area contributed by atoms with E-state index in [0.717, 1.165) is 12.1 Å². The summed E-state index contributed by atoms with van der Waals surface area (Å²) in [7, 11) is 1.52. The molecule has 120 valence electrons. The number of nitrogens with zero attached hydrogens (tertiary/aromatic N) is 2. The van der Waals surface area contributed by atoms with Gasteiger partial charge in [-0.15, -0.1) is 0 Å². The number of rotatable bonds is 3. The molecule has 3 rings (SSSR count). The Kier molecular flexibility index (Phi) is 3.73. The summed E-state index contributed by atoms with van der Waals surface area (Å²) in [6, 6.07) is 9.90. The third-order valence-corrected chi connectivity index (χ3v) is 3.55. The quantitative estimate of drug-likeness (QED) is 0.802. The fraction of sp³-hybridized carbons (Fsp3) is 0.188. The molecule has 1 heterocycles. The molecule has 0 aliphatic rings. The zero-order valence-electron chi connectivity index (χ0n) is 12.1. The summed E-state index contributed by atoms with van der Waals surface area (Å²) in [5.41, 5.74) is 0.837. The van der Waals surface area contributed by atoms with E-state index < -0.39 is 11.7 Å². The van der Waals surface area contributed by atoms with E-state index in [0.29, 0.717) is 28.0 Å². The highest BCUT2D eigenvalue weighted by atomic mass is 19.4. The number of halogens is 3. The summed E-state index contributed by atoms with van der Waals surface area (Å²) < 4.78 is 44.6. The number of hydrogen-bond acceptors (Lipinski definition) is 3. The van der Waals surface area contributed by atoms with Gasteiger partial charge in [-0.1, -0.05) is 0 Å². The Morgan fingerprint density at radius 3 is 2.39 bits per heavy atom. The molecular weight excluding hydrogens is 309 g/mol. The molecule has 0 aliphatic carbocycles. The molecule has 1 aromatic heterocycles. The van der Waals surface area contributed by atoms with Crippen LogP contribution in [0.4, 0.5) is 13.2 Å². The number of alkyl halides is 3. The molecule has 0 fully saturated rings. The van der Waals surface area contributed by atoms with Crippen LogP contribution in [0.25, 0.3) is 16.6 Å². The average molecular weight is 322 g/mol. The first-order chi connectivity index (χ1) is 10.9. The molecule has 0 radical (unpaired) electrons. The third-order valence-electron chi connectivity index (χ3n) is 3.55. The van der Waals surface area contributed by atoms with Crippen molar-refractivity contribution in [3.05, 3.63) is 53.7 Å². The first-order valence-corrected chi connectivity index (χ1v) is 6.78. The van der Waals surface area contributed by atoms with Gasteiger partial charge in [-0.05, 0) is 36.4 Å². The van der Waals surface area contributed by atoms with Gasteiger partial charge in [0, 0.05) is 11.5 Å². The minimum absolute atomic E-state index is 0.267. The largest absolute Gasteiger partial charge is 0.497 e. The van der Waals surface area contributed by atoms with Crippen LogP contribution in [0, 0.1) is 0 Å². The lowest BCUT2D eigenvalue weighted by Crippen LogP contribution is -2.05. The number of hydrogen-bond donors (Lipinski definition) is 1. The highest BCUT2D eigenvalue weighted by molar-refractivity contribution is 5.84. The molecule has 1 N–H and O–H groups in total. The van der Waals surface area contributed by atoms with Gasteiger partial charge in [0.15, 0.2) is 0 Å². The standard InChI is InChI=1S/C16H13F3N2O2/c1-23-12-6-7-13-14(9-22)20-21(15(13)8-12)11-4-2-10(3-5-11)16(17,18)19/h2-8,22H,9H2,1H3. The average Bonchev–Trinajstić information content (AvgIpc) is 2.92. The molecule has 0 bridgehead atoms. The molecule has 3 aromatic rings. The van der Waals surface area contributed by atoms with Crippen LogP contribution in [0.5, 0.6) is 5.75 Å². The van der Waals surface area contributed by atoms with Crippen molar-refractivity contribution in [1.29, 1.82) is 0 Å². The van der Waals surface area contributed by atoms with Gasteiger partial charge in [-0.25, -0.2) is 4.68 Å². The van der Waals surface area contributed by atoms with Gasteiger partial charge >= 0.3 is 6.18 Å². The van der Waals surface area contributed by atoms with Crippen LogP contribution in [0.2, 0.25) is 0 Å². The Morgan fingerprint density at radius 2 is 1.83 bits per heavy atom. The van der Waals surface area contributed by atoms with Gasteiger partial charge in [0.05, 0.1) is 36.2 Å².